The summed E-state index contributed by atoms with van der Waals surface area (Å²) < 4.78 is 21.7. The maximum atomic E-state index is 10.9. The van der Waals surface area contributed by atoms with Crippen LogP contribution in [0.5, 0.6) is 0 Å². The largest absolute Gasteiger partial charge is 0.233 e. The van der Waals surface area contributed by atoms with Crippen molar-refractivity contribution in [3.8, 4) is 0 Å². The molecule has 0 spiro atoms. The highest BCUT2D eigenvalue weighted by molar-refractivity contribution is 8.14. The average Bonchev–Trinajstić information content (AvgIpc) is 2.71. The van der Waals surface area contributed by atoms with Crippen LogP contribution < -0.4 is 0 Å². The van der Waals surface area contributed by atoms with Crippen molar-refractivity contribution in [2.75, 3.05) is 11.5 Å². The van der Waals surface area contributed by atoms with E-state index < -0.39 is 9.05 Å². The Balaban J connectivity index is 2.20. The molecule has 0 aliphatic heterocycles. The molecule has 4 nitrogen and oxygen atoms in total. The van der Waals surface area contributed by atoms with E-state index in [1.54, 1.807) is 11.3 Å². The van der Waals surface area contributed by atoms with Crippen LogP contribution in [0.4, 0.5) is 0 Å². The van der Waals surface area contributed by atoms with E-state index >= 15 is 0 Å². The number of aromatic nitrogens is 2. The predicted molar refractivity (Wildman–Crippen MR) is 77.2 cm³/mol. The molecule has 8 heteroatoms. The number of aryl methyl sites for hydroxylation is 1. The summed E-state index contributed by atoms with van der Waals surface area (Å²) in [5.74, 6) is 0.338. The van der Waals surface area contributed by atoms with Gasteiger partial charge in [0.15, 0.2) is 0 Å². The second-order valence-corrected chi connectivity index (χ2v) is 8.65. The Bertz CT molecular complexity index is 654. The Morgan fingerprint density at radius 1 is 1.44 bits per heavy atom. The SMILES string of the molecule is CCc1cc2c(SCCS(=O)(=O)Cl)ncnc2s1. The van der Waals surface area contributed by atoms with E-state index in [4.69, 9.17) is 10.7 Å². The smallest absolute Gasteiger partial charge is 0.229 e. The maximum Gasteiger partial charge on any atom is 0.233 e. The second kappa shape index (κ2) is 5.73. The lowest BCUT2D eigenvalue weighted by atomic mass is 10.3. The van der Waals surface area contributed by atoms with Gasteiger partial charge in [0.25, 0.3) is 0 Å². The molecule has 0 N–H and O–H groups in total. The Morgan fingerprint density at radius 2 is 2.22 bits per heavy atom. The highest BCUT2D eigenvalue weighted by Gasteiger charge is 2.10. The monoisotopic (exact) mass is 322 g/mol. The van der Waals surface area contributed by atoms with Crippen LogP contribution in [0.3, 0.4) is 0 Å². The van der Waals surface area contributed by atoms with Gasteiger partial charge in [-0.15, -0.1) is 23.1 Å². The summed E-state index contributed by atoms with van der Waals surface area (Å²) in [4.78, 5) is 10.6. The zero-order valence-corrected chi connectivity index (χ0v) is 12.8. The van der Waals surface area contributed by atoms with Crippen molar-refractivity contribution >= 4 is 53.0 Å². The van der Waals surface area contributed by atoms with Gasteiger partial charge >= 0.3 is 0 Å². The molecule has 98 valence electrons. The molecule has 0 radical (unpaired) electrons. The normalized spacial score (nSPS) is 12.1. The van der Waals surface area contributed by atoms with Crippen molar-refractivity contribution in [1.29, 1.82) is 0 Å². The standard InChI is InChI=1S/C10H11ClN2O2S3/c1-2-7-5-8-9(12-6-13-10(8)17-7)16-3-4-18(11,14)15/h5-6H,2-4H2,1H3. The number of hydrogen-bond donors (Lipinski definition) is 0. The van der Waals surface area contributed by atoms with Crippen molar-refractivity contribution in [2.45, 2.75) is 18.4 Å². The van der Waals surface area contributed by atoms with Crippen molar-refractivity contribution in [3.05, 3.63) is 17.3 Å². The molecule has 2 heterocycles. The topological polar surface area (TPSA) is 59.9 Å². The molecule has 2 aromatic rings. The highest BCUT2D eigenvalue weighted by Crippen LogP contribution is 2.30. The quantitative estimate of drug-likeness (QED) is 0.481. The summed E-state index contributed by atoms with van der Waals surface area (Å²) in [6.07, 6.45) is 2.47. The second-order valence-electron chi connectivity index (χ2n) is 3.56. The Kier molecular flexibility index (Phi) is 4.47. The molecule has 0 atom stereocenters. The molecule has 0 aliphatic carbocycles. The molecule has 18 heavy (non-hydrogen) atoms. The molecule has 2 aromatic heterocycles. The summed E-state index contributed by atoms with van der Waals surface area (Å²) in [7, 11) is 1.74. The molecule has 0 saturated heterocycles. The van der Waals surface area contributed by atoms with Gasteiger partial charge in [-0.2, -0.15) is 0 Å². The van der Waals surface area contributed by atoms with Crippen LogP contribution in [0.1, 0.15) is 11.8 Å². The van der Waals surface area contributed by atoms with E-state index in [-0.39, 0.29) is 5.75 Å². The van der Waals surface area contributed by atoms with E-state index in [1.165, 1.54) is 23.0 Å². The fraction of sp³-hybridized carbons (Fsp3) is 0.400. The third kappa shape index (κ3) is 3.57. The number of fused-ring (bicyclic) bond motifs is 1. The van der Waals surface area contributed by atoms with E-state index in [2.05, 4.69) is 23.0 Å². The molecule has 0 aliphatic rings. The fourth-order valence-electron chi connectivity index (χ4n) is 1.41. The Morgan fingerprint density at radius 3 is 2.89 bits per heavy atom. The summed E-state index contributed by atoms with van der Waals surface area (Å²) >= 11 is 3.03. The Labute approximate surface area is 118 Å². The lowest BCUT2D eigenvalue weighted by Gasteiger charge is -2.00. The van der Waals surface area contributed by atoms with Gasteiger partial charge in [-0.3, -0.25) is 0 Å². The van der Waals surface area contributed by atoms with Crippen LogP contribution >= 0.6 is 33.8 Å². The van der Waals surface area contributed by atoms with Gasteiger partial charge in [0.05, 0.1) is 5.75 Å². The summed E-state index contributed by atoms with van der Waals surface area (Å²) in [5.41, 5.74) is 0. The number of rotatable bonds is 5. The van der Waals surface area contributed by atoms with Crippen LogP contribution in [0, 0.1) is 0 Å². The van der Waals surface area contributed by atoms with Crippen molar-refractivity contribution in [3.63, 3.8) is 0 Å². The minimum Gasteiger partial charge on any atom is -0.229 e. The van der Waals surface area contributed by atoms with Crippen LogP contribution in [-0.4, -0.2) is 29.9 Å². The van der Waals surface area contributed by atoms with Crippen molar-refractivity contribution in [2.24, 2.45) is 0 Å². The molecule has 0 aromatic carbocycles. The third-order valence-corrected chi connectivity index (χ3v) is 5.87. The number of thiophene rings is 1. The number of thioether (sulfide) groups is 1. The lowest BCUT2D eigenvalue weighted by Crippen LogP contribution is -2.00. The van der Waals surface area contributed by atoms with Crippen LogP contribution in [0.15, 0.2) is 17.4 Å². The fourth-order valence-corrected chi connectivity index (χ4v) is 4.73. The van der Waals surface area contributed by atoms with E-state index in [1.807, 2.05) is 0 Å². The van der Waals surface area contributed by atoms with Crippen molar-refractivity contribution < 1.29 is 8.42 Å². The van der Waals surface area contributed by atoms with Crippen LogP contribution in [-0.2, 0) is 15.5 Å². The summed E-state index contributed by atoms with van der Waals surface area (Å²) in [6, 6.07) is 2.07. The average molecular weight is 323 g/mol. The van der Waals surface area contributed by atoms with Gasteiger partial charge in [0.2, 0.25) is 9.05 Å². The van der Waals surface area contributed by atoms with Gasteiger partial charge in [-0.25, -0.2) is 18.4 Å². The zero-order valence-electron chi connectivity index (χ0n) is 9.59. The van der Waals surface area contributed by atoms with Crippen molar-refractivity contribution in [1.82, 2.24) is 9.97 Å². The molecule has 0 fully saturated rings. The predicted octanol–water partition coefficient (Wildman–Crippen LogP) is 2.91. The van der Waals surface area contributed by atoms with Crippen LogP contribution in [0.2, 0.25) is 0 Å². The van der Waals surface area contributed by atoms with E-state index in [9.17, 15) is 8.42 Å². The first kappa shape index (κ1) is 14.0. The molecule has 2 rings (SSSR count). The summed E-state index contributed by atoms with van der Waals surface area (Å²) in [5, 5.41) is 1.81. The molecule has 0 unspecified atom stereocenters. The van der Waals surface area contributed by atoms with Gasteiger partial charge < -0.3 is 0 Å². The zero-order chi connectivity index (χ0) is 13.2. The van der Waals surface area contributed by atoms with Gasteiger partial charge in [-0.1, -0.05) is 6.92 Å². The molecular weight excluding hydrogens is 312 g/mol. The molecular formula is C10H11ClN2O2S3. The summed E-state index contributed by atoms with van der Waals surface area (Å²) in [6.45, 7) is 2.09. The molecule has 0 amide bonds. The van der Waals surface area contributed by atoms with Gasteiger partial charge in [0.1, 0.15) is 16.2 Å². The third-order valence-electron chi connectivity index (χ3n) is 2.26. The van der Waals surface area contributed by atoms with E-state index in [0.717, 1.165) is 21.7 Å². The van der Waals surface area contributed by atoms with E-state index in [0.29, 0.717) is 5.75 Å². The highest BCUT2D eigenvalue weighted by atomic mass is 35.7. The lowest BCUT2D eigenvalue weighted by molar-refractivity contribution is 0.611. The first-order valence-electron chi connectivity index (χ1n) is 5.28. The van der Waals surface area contributed by atoms with Gasteiger partial charge in [-0.05, 0) is 12.5 Å². The Hall–Kier alpha value is -0.370. The first-order chi connectivity index (χ1) is 8.49. The van der Waals surface area contributed by atoms with Crippen LogP contribution in [0.25, 0.3) is 10.2 Å². The number of halogens is 1. The first-order valence-corrected chi connectivity index (χ1v) is 9.56. The van der Waals surface area contributed by atoms with Gasteiger partial charge in [0, 0.05) is 26.7 Å². The maximum absolute atomic E-state index is 10.9. The molecule has 0 bridgehead atoms. The number of hydrogen-bond acceptors (Lipinski definition) is 6. The minimum absolute atomic E-state index is 0.0600. The minimum atomic E-state index is -3.44. The number of nitrogens with zero attached hydrogens (tertiary/aromatic N) is 2. The molecule has 0 saturated carbocycles.